The van der Waals surface area contributed by atoms with Crippen molar-refractivity contribution in [2.24, 2.45) is 12.8 Å². The fraction of sp³-hybridized carbons (Fsp3) is 0.133. The molecule has 1 aromatic heterocycles. The molecule has 6 nitrogen and oxygen atoms in total. The zero-order chi connectivity index (χ0) is 15.4. The highest BCUT2D eigenvalue weighted by molar-refractivity contribution is 6.04. The fourth-order valence-electron chi connectivity index (χ4n) is 1.88. The minimum Gasteiger partial charge on any atom is -0.369 e. The summed E-state index contributed by atoms with van der Waals surface area (Å²) >= 11 is 0. The molecule has 2 rings (SSSR count). The van der Waals surface area contributed by atoms with E-state index in [1.54, 1.807) is 43.6 Å². The molecular weight excluding hydrogens is 270 g/mol. The van der Waals surface area contributed by atoms with Gasteiger partial charge < -0.3 is 15.6 Å². The zero-order valence-corrected chi connectivity index (χ0v) is 11.5. The molecule has 0 aliphatic heterocycles. The number of hydrogen-bond donors (Lipinski definition) is 2. The van der Waals surface area contributed by atoms with Crippen LogP contribution in [-0.2, 0) is 18.3 Å². The van der Waals surface area contributed by atoms with E-state index in [0.29, 0.717) is 5.69 Å². The molecule has 0 saturated carbocycles. The third-order valence-corrected chi connectivity index (χ3v) is 2.96. The summed E-state index contributed by atoms with van der Waals surface area (Å²) in [6.07, 6.45) is 1.73. The Morgan fingerprint density at radius 1 is 1.19 bits per heavy atom. The fourth-order valence-corrected chi connectivity index (χ4v) is 1.88. The highest BCUT2D eigenvalue weighted by atomic mass is 16.2. The number of anilines is 1. The maximum Gasteiger partial charge on any atom is 0.263 e. The van der Waals surface area contributed by atoms with E-state index in [1.807, 2.05) is 0 Å². The van der Waals surface area contributed by atoms with E-state index < -0.39 is 11.8 Å². The number of primary amides is 1. The van der Waals surface area contributed by atoms with Gasteiger partial charge in [0, 0.05) is 18.9 Å². The van der Waals surface area contributed by atoms with Crippen molar-refractivity contribution in [2.45, 2.75) is 6.42 Å². The molecule has 0 unspecified atom stereocenters. The van der Waals surface area contributed by atoms with Gasteiger partial charge in [0.1, 0.15) is 5.56 Å². The number of nitrogens with zero attached hydrogens (tertiary/aromatic N) is 1. The van der Waals surface area contributed by atoms with Crippen molar-refractivity contribution in [3.8, 4) is 0 Å². The van der Waals surface area contributed by atoms with Gasteiger partial charge in [0.15, 0.2) is 0 Å². The maximum atomic E-state index is 12.1. The number of nitrogens with one attached hydrogen (secondary N) is 1. The molecule has 21 heavy (non-hydrogen) atoms. The maximum absolute atomic E-state index is 12.1. The van der Waals surface area contributed by atoms with Crippen LogP contribution < -0.4 is 16.6 Å². The normalized spacial score (nSPS) is 10.1. The molecule has 0 radical (unpaired) electrons. The second kappa shape index (κ2) is 6.04. The Bertz CT molecular complexity index is 733. The van der Waals surface area contributed by atoms with Crippen LogP contribution in [0.15, 0.2) is 47.4 Å². The summed E-state index contributed by atoms with van der Waals surface area (Å²) in [5.74, 6) is -0.890. The number of hydrogen-bond acceptors (Lipinski definition) is 3. The Hall–Kier alpha value is -2.89. The van der Waals surface area contributed by atoms with Crippen molar-refractivity contribution in [1.82, 2.24) is 4.57 Å². The highest BCUT2D eigenvalue weighted by Gasteiger charge is 2.11. The van der Waals surface area contributed by atoms with Gasteiger partial charge in [-0.3, -0.25) is 14.4 Å². The molecule has 0 fully saturated rings. The first-order valence-corrected chi connectivity index (χ1v) is 6.31. The van der Waals surface area contributed by atoms with Crippen LogP contribution in [0.5, 0.6) is 0 Å². The van der Waals surface area contributed by atoms with Gasteiger partial charge in [0.25, 0.3) is 11.5 Å². The molecule has 108 valence electrons. The second-order valence-corrected chi connectivity index (χ2v) is 4.63. The van der Waals surface area contributed by atoms with Gasteiger partial charge in [-0.2, -0.15) is 0 Å². The van der Waals surface area contributed by atoms with E-state index in [9.17, 15) is 14.4 Å². The van der Waals surface area contributed by atoms with Crippen molar-refractivity contribution in [3.63, 3.8) is 0 Å². The first-order valence-electron chi connectivity index (χ1n) is 6.31. The molecule has 0 aliphatic carbocycles. The van der Waals surface area contributed by atoms with Crippen LogP contribution >= 0.6 is 0 Å². The standard InChI is InChI=1S/C15H15N3O3/c1-18-8-2-3-12(15(18)21)14(20)17-11-6-4-10(5-7-11)9-13(16)19/h2-8H,9H2,1H3,(H2,16,19)(H,17,20). The Labute approximate surface area is 121 Å². The SMILES string of the molecule is Cn1cccc(C(=O)Nc2ccc(CC(N)=O)cc2)c1=O. The summed E-state index contributed by atoms with van der Waals surface area (Å²) in [6, 6.07) is 9.81. The van der Waals surface area contributed by atoms with Crippen molar-refractivity contribution < 1.29 is 9.59 Å². The zero-order valence-electron chi connectivity index (χ0n) is 11.5. The summed E-state index contributed by atoms with van der Waals surface area (Å²) in [5, 5.41) is 2.64. The van der Waals surface area contributed by atoms with E-state index in [1.165, 1.54) is 10.6 Å². The molecule has 2 aromatic rings. The average Bonchev–Trinajstić information content (AvgIpc) is 2.43. The molecule has 0 spiro atoms. The van der Waals surface area contributed by atoms with Crippen molar-refractivity contribution in [3.05, 3.63) is 64.1 Å². The van der Waals surface area contributed by atoms with Crippen LogP contribution in [0.25, 0.3) is 0 Å². The lowest BCUT2D eigenvalue weighted by Gasteiger charge is -2.06. The second-order valence-electron chi connectivity index (χ2n) is 4.63. The number of aromatic nitrogens is 1. The van der Waals surface area contributed by atoms with Crippen LogP contribution in [0, 0.1) is 0 Å². The lowest BCUT2D eigenvalue weighted by molar-refractivity contribution is -0.117. The number of rotatable bonds is 4. The van der Waals surface area contributed by atoms with Gasteiger partial charge >= 0.3 is 0 Å². The number of benzene rings is 1. The van der Waals surface area contributed by atoms with Crippen molar-refractivity contribution in [1.29, 1.82) is 0 Å². The van der Waals surface area contributed by atoms with Crippen LogP contribution in [-0.4, -0.2) is 16.4 Å². The van der Waals surface area contributed by atoms with Gasteiger partial charge in [-0.15, -0.1) is 0 Å². The van der Waals surface area contributed by atoms with E-state index in [4.69, 9.17) is 5.73 Å². The number of carbonyl (C=O) groups excluding carboxylic acids is 2. The molecule has 0 aliphatic rings. The van der Waals surface area contributed by atoms with Gasteiger partial charge in [-0.25, -0.2) is 0 Å². The van der Waals surface area contributed by atoms with Crippen LogP contribution in [0.4, 0.5) is 5.69 Å². The van der Waals surface area contributed by atoms with E-state index in [0.717, 1.165) is 5.56 Å². The summed E-state index contributed by atoms with van der Waals surface area (Å²) < 4.78 is 1.34. The summed E-state index contributed by atoms with van der Waals surface area (Å²) in [7, 11) is 1.58. The van der Waals surface area contributed by atoms with Crippen LogP contribution in [0.2, 0.25) is 0 Å². The Morgan fingerprint density at radius 2 is 1.86 bits per heavy atom. The molecule has 6 heteroatoms. The molecule has 1 heterocycles. The lowest BCUT2D eigenvalue weighted by Crippen LogP contribution is -2.27. The van der Waals surface area contributed by atoms with Crippen LogP contribution in [0.3, 0.4) is 0 Å². The number of carbonyl (C=O) groups is 2. The monoisotopic (exact) mass is 285 g/mol. The Kier molecular flexibility index (Phi) is 4.18. The molecule has 0 atom stereocenters. The number of aryl methyl sites for hydroxylation is 1. The third-order valence-electron chi connectivity index (χ3n) is 2.96. The average molecular weight is 285 g/mol. The molecule has 3 N–H and O–H groups in total. The first kappa shape index (κ1) is 14.5. The minimum absolute atomic E-state index is 0.0706. The Morgan fingerprint density at radius 3 is 2.48 bits per heavy atom. The lowest BCUT2D eigenvalue weighted by atomic mass is 10.1. The van der Waals surface area contributed by atoms with Gasteiger partial charge in [-0.1, -0.05) is 12.1 Å². The van der Waals surface area contributed by atoms with Crippen LogP contribution in [0.1, 0.15) is 15.9 Å². The third kappa shape index (κ3) is 3.56. The summed E-state index contributed by atoms with van der Waals surface area (Å²) in [5.41, 5.74) is 6.12. The molecule has 0 saturated heterocycles. The van der Waals surface area contributed by atoms with Gasteiger partial charge in [0.05, 0.1) is 6.42 Å². The number of amides is 2. The largest absolute Gasteiger partial charge is 0.369 e. The Balaban J connectivity index is 2.14. The first-order chi connectivity index (χ1) is 9.97. The number of nitrogens with two attached hydrogens (primary N) is 1. The smallest absolute Gasteiger partial charge is 0.263 e. The summed E-state index contributed by atoms with van der Waals surface area (Å²) in [6.45, 7) is 0. The van der Waals surface area contributed by atoms with Crippen molar-refractivity contribution in [2.75, 3.05) is 5.32 Å². The topological polar surface area (TPSA) is 94.2 Å². The molecule has 0 bridgehead atoms. The molecule has 1 aromatic carbocycles. The van der Waals surface area contributed by atoms with Gasteiger partial charge in [-0.05, 0) is 29.8 Å². The minimum atomic E-state index is -0.473. The predicted molar refractivity (Wildman–Crippen MR) is 79.0 cm³/mol. The molecular formula is C15H15N3O3. The highest BCUT2D eigenvalue weighted by Crippen LogP contribution is 2.11. The quantitative estimate of drug-likeness (QED) is 0.864. The number of pyridine rings is 1. The predicted octanol–water partition coefficient (Wildman–Crippen LogP) is 0.665. The summed E-state index contributed by atoms with van der Waals surface area (Å²) in [4.78, 5) is 34.7. The van der Waals surface area contributed by atoms with E-state index >= 15 is 0 Å². The molecule has 2 amide bonds. The van der Waals surface area contributed by atoms with E-state index in [-0.39, 0.29) is 17.5 Å². The van der Waals surface area contributed by atoms with Crippen molar-refractivity contribution >= 4 is 17.5 Å². The van der Waals surface area contributed by atoms with Gasteiger partial charge in [0.2, 0.25) is 5.91 Å². The van der Waals surface area contributed by atoms with E-state index in [2.05, 4.69) is 5.32 Å².